The molecule has 1 aromatic heterocycles. The first-order chi connectivity index (χ1) is 13.3. The van der Waals surface area contributed by atoms with E-state index in [0.717, 1.165) is 11.3 Å². The van der Waals surface area contributed by atoms with Crippen molar-refractivity contribution in [1.29, 1.82) is 0 Å². The molecule has 0 unspecified atom stereocenters. The first-order valence-corrected chi connectivity index (χ1v) is 9.11. The molecular formula is C19H14ClF3N2O2S. The average molecular weight is 427 g/mol. The predicted octanol–water partition coefficient (Wildman–Crippen LogP) is 6.25. The fourth-order valence-electron chi connectivity index (χ4n) is 2.42. The first-order valence-electron chi connectivity index (χ1n) is 7.92. The van der Waals surface area contributed by atoms with E-state index in [2.05, 4.69) is 9.98 Å². The van der Waals surface area contributed by atoms with Crippen LogP contribution in [0.25, 0.3) is 10.4 Å². The van der Waals surface area contributed by atoms with Gasteiger partial charge in [0.05, 0.1) is 19.1 Å². The summed E-state index contributed by atoms with van der Waals surface area (Å²) in [6.45, 7) is 0. The van der Waals surface area contributed by atoms with Crippen molar-refractivity contribution in [3.8, 4) is 21.9 Å². The van der Waals surface area contributed by atoms with Crippen LogP contribution in [0.3, 0.4) is 0 Å². The molecule has 0 saturated carbocycles. The summed E-state index contributed by atoms with van der Waals surface area (Å²) in [5, 5.41) is 0.410. The molecule has 0 spiro atoms. The molecule has 3 aromatic rings. The minimum absolute atomic E-state index is 0.0195. The summed E-state index contributed by atoms with van der Waals surface area (Å²) in [5.41, 5.74) is -0.0575. The third kappa shape index (κ3) is 4.45. The molecule has 0 fully saturated rings. The van der Waals surface area contributed by atoms with E-state index < -0.39 is 11.9 Å². The number of hydrogen-bond donors (Lipinski definition) is 0. The van der Waals surface area contributed by atoms with E-state index >= 15 is 0 Å². The third-order valence-corrected chi connectivity index (χ3v) is 5.01. The van der Waals surface area contributed by atoms with Crippen LogP contribution in [0, 0.1) is 0 Å². The van der Waals surface area contributed by atoms with Gasteiger partial charge >= 0.3 is 6.18 Å². The van der Waals surface area contributed by atoms with Crippen LogP contribution >= 0.6 is 22.9 Å². The highest BCUT2D eigenvalue weighted by atomic mass is 35.5. The summed E-state index contributed by atoms with van der Waals surface area (Å²) in [7, 11) is 3.00. The molecule has 0 amide bonds. The zero-order valence-corrected chi connectivity index (χ0v) is 16.3. The minimum Gasteiger partial charge on any atom is -0.497 e. The summed E-state index contributed by atoms with van der Waals surface area (Å²) in [6.07, 6.45) is -3.21. The monoisotopic (exact) mass is 426 g/mol. The Morgan fingerprint density at radius 3 is 2.39 bits per heavy atom. The Bertz CT molecular complexity index is 1000. The van der Waals surface area contributed by atoms with Gasteiger partial charge in [-0.3, -0.25) is 0 Å². The van der Waals surface area contributed by atoms with Gasteiger partial charge in [-0.15, -0.1) is 0 Å². The highest BCUT2D eigenvalue weighted by Gasteiger charge is 2.38. The summed E-state index contributed by atoms with van der Waals surface area (Å²) in [4.78, 5) is 7.78. The van der Waals surface area contributed by atoms with Gasteiger partial charge in [0.15, 0.2) is 5.69 Å². The van der Waals surface area contributed by atoms with Crippen LogP contribution in [0.1, 0.15) is 11.3 Å². The number of nitrogens with zero attached hydrogens (tertiary/aromatic N) is 2. The van der Waals surface area contributed by atoms with Gasteiger partial charge in [0.2, 0.25) is 5.13 Å². The molecule has 0 aliphatic rings. The molecule has 1 heterocycles. The number of aliphatic imine (C=N–C) groups is 1. The van der Waals surface area contributed by atoms with Crippen LogP contribution in [0.15, 0.2) is 47.5 Å². The molecule has 0 N–H and O–H groups in total. The number of ether oxygens (including phenoxy) is 2. The molecule has 28 heavy (non-hydrogen) atoms. The predicted molar refractivity (Wildman–Crippen MR) is 104 cm³/mol. The Kier molecular flexibility index (Phi) is 5.90. The lowest BCUT2D eigenvalue weighted by Crippen LogP contribution is -2.06. The standard InChI is InChI=1S/C19H14ClF3N2O2S/c1-26-14-7-8-15(27-2)12(9-14)10-24-18-25-17(19(21,22)23)16(28-18)11-3-5-13(20)6-4-11/h3-10H,1-2H3. The molecule has 3 rings (SSSR count). The fraction of sp³-hybridized carbons (Fsp3) is 0.158. The molecule has 0 atom stereocenters. The topological polar surface area (TPSA) is 43.7 Å². The van der Waals surface area contributed by atoms with Gasteiger partial charge < -0.3 is 9.47 Å². The van der Waals surface area contributed by atoms with E-state index in [9.17, 15) is 13.2 Å². The molecule has 0 aliphatic carbocycles. The molecular weight excluding hydrogens is 413 g/mol. The summed E-state index contributed by atoms with van der Waals surface area (Å²) >= 11 is 6.67. The number of rotatable bonds is 5. The number of benzene rings is 2. The Labute approximate surface area is 168 Å². The molecule has 0 aliphatic heterocycles. The molecule has 4 nitrogen and oxygen atoms in total. The van der Waals surface area contributed by atoms with Crippen molar-refractivity contribution >= 4 is 34.3 Å². The van der Waals surface area contributed by atoms with E-state index in [1.54, 1.807) is 18.2 Å². The van der Waals surface area contributed by atoms with E-state index in [-0.39, 0.29) is 10.0 Å². The SMILES string of the molecule is COc1ccc(OC)c(C=Nc2nc(C(F)(F)F)c(-c3ccc(Cl)cc3)s2)c1. The smallest absolute Gasteiger partial charge is 0.434 e. The van der Waals surface area contributed by atoms with Gasteiger partial charge in [-0.2, -0.15) is 13.2 Å². The van der Waals surface area contributed by atoms with Gasteiger partial charge in [-0.05, 0) is 35.9 Å². The molecule has 0 bridgehead atoms. The third-order valence-electron chi connectivity index (χ3n) is 3.74. The molecule has 0 radical (unpaired) electrons. The minimum atomic E-state index is -4.60. The largest absolute Gasteiger partial charge is 0.497 e. The second-order valence-electron chi connectivity index (χ2n) is 5.54. The van der Waals surface area contributed by atoms with E-state index in [0.29, 0.717) is 27.6 Å². The van der Waals surface area contributed by atoms with Gasteiger partial charge in [-0.1, -0.05) is 35.1 Å². The van der Waals surface area contributed by atoms with Gasteiger partial charge in [0.1, 0.15) is 11.5 Å². The van der Waals surface area contributed by atoms with Gasteiger partial charge in [0.25, 0.3) is 0 Å². The van der Waals surface area contributed by atoms with Crippen LogP contribution < -0.4 is 9.47 Å². The quantitative estimate of drug-likeness (QED) is 0.453. The van der Waals surface area contributed by atoms with Crippen LogP contribution in [0.4, 0.5) is 18.3 Å². The van der Waals surface area contributed by atoms with Crippen molar-refractivity contribution in [3.63, 3.8) is 0 Å². The second kappa shape index (κ2) is 8.20. The summed E-state index contributed by atoms with van der Waals surface area (Å²) < 4.78 is 50.7. The zero-order valence-electron chi connectivity index (χ0n) is 14.7. The van der Waals surface area contributed by atoms with Crippen molar-refractivity contribution in [1.82, 2.24) is 4.98 Å². The number of hydrogen-bond acceptors (Lipinski definition) is 5. The second-order valence-corrected chi connectivity index (χ2v) is 6.96. The maximum atomic E-state index is 13.4. The van der Waals surface area contributed by atoms with E-state index in [4.69, 9.17) is 21.1 Å². The number of thiazole rings is 1. The van der Waals surface area contributed by atoms with E-state index in [1.165, 1.54) is 44.7 Å². The van der Waals surface area contributed by atoms with Crippen molar-refractivity contribution in [3.05, 3.63) is 58.7 Å². The Morgan fingerprint density at radius 1 is 1.07 bits per heavy atom. The maximum absolute atomic E-state index is 13.4. The Balaban J connectivity index is 2.02. The van der Waals surface area contributed by atoms with Crippen molar-refractivity contribution in [2.45, 2.75) is 6.18 Å². The van der Waals surface area contributed by atoms with Crippen molar-refractivity contribution < 1.29 is 22.6 Å². The van der Waals surface area contributed by atoms with Crippen LogP contribution in [0.2, 0.25) is 5.02 Å². The Hall–Kier alpha value is -2.58. The van der Waals surface area contributed by atoms with Gasteiger partial charge in [-0.25, -0.2) is 9.98 Å². The van der Waals surface area contributed by atoms with Crippen molar-refractivity contribution in [2.24, 2.45) is 4.99 Å². The number of methoxy groups -OCH3 is 2. The molecule has 2 aromatic carbocycles. The summed E-state index contributed by atoms with van der Waals surface area (Å²) in [5.74, 6) is 1.08. The molecule has 9 heteroatoms. The fourth-order valence-corrected chi connectivity index (χ4v) is 3.48. The average Bonchev–Trinajstić information content (AvgIpc) is 3.11. The van der Waals surface area contributed by atoms with Crippen LogP contribution in [0.5, 0.6) is 11.5 Å². The Morgan fingerprint density at radius 2 is 1.79 bits per heavy atom. The van der Waals surface area contributed by atoms with Gasteiger partial charge in [0, 0.05) is 16.8 Å². The van der Waals surface area contributed by atoms with Crippen LogP contribution in [-0.2, 0) is 6.18 Å². The van der Waals surface area contributed by atoms with Crippen molar-refractivity contribution in [2.75, 3.05) is 14.2 Å². The first kappa shape index (κ1) is 20.2. The zero-order chi connectivity index (χ0) is 20.3. The number of aromatic nitrogens is 1. The molecule has 0 saturated heterocycles. The van der Waals surface area contributed by atoms with Crippen LogP contribution in [-0.4, -0.2) is 25.4 Å². The highest BCUT2D eigenvalue weighted by Crippen LogP contribution is 2.43. The lowest BCUT2D eigenvalue weighted by molar-refractivity contribution is -0.140. The molecule has 146 valence electrons. The highest BCUT2D eigenvalue weighted by molar-refractivity contribution is 7.18. The normalized spacial score (nSPS) is 11.8. The number of halogens is 4. The summed E-state index contributed by atoms with van der Waals surface area (Å²) in [6, 6.07) is 11.2. The lowest BCUT2D eigenvalue weighted by atomic mass is 10.1. The number of alkyl halides is 3. The lowest BCUT2D eigenvalue weighted by Gasteiger charge is -2.06. The maximum Gasteiger partial charge on any atom is 0.434 e. The van der Waals surface area contributed by atoms with E-state index in [1.807, 2.05) is 0 Å².